The van der Waals surface area contributed by atoms with Gasteiger partial charge in [0.2, 0.25) is 0 Å². The number of hydrogen-bond donors (Lipinski definition) is 2. The third-order valence-electron chi connectivity index (χ3n) is 2.98. The molecule has 0 aromatic heterocycles. The lowest BCUT2D eigenvalue weighted by atomic mass is 9.96. The van der Waals surface area contributed by atoms with Crippen LogP contribution in [0.2, 0.25) is 0 Å². The van der Waals surface area contributed by atoms with Crippen LogP contribution in [0.1, 0.15) is 17.5 Å². The minimum Gasteiger partial charge on any atom is -0.479 e. The number of ether oxygens (including phenoxy) is 1. The Kier molecular flexibility index (Phi) is 2.94. The fourth-order valence-corrected chi connectivity index (χ4v) is 2.23. The summed E-state index contributed by atoms with van der Waals surface area (Å²) in [4.78, 5) is 11.4. The van der Waals surface area contributed by atoms with Gasteiger partial charge in [0.25, 0.3) is 0 Å². The number of fused-ring (bicyclic) bond motifs is 1. The highest BCUT2D eigenvalue weighted by Crippen LogP contribution is 2.40. The molecule has 0 aliphatic heterocycles. The molecule has 86 valence electrons. The minimum atomic E-state index is -1.26. The molecule has 4 heteroatoms. The zero-order valence-electron chi connectivity index (χ0n) is 8.85. The Morgan fingerprint density at radius 2 is 2.19 bits per heavy atom. The second kappa shape index (κ2) is 4.23. The molecule has 1 aromatic carbocycles. The molecule has 1 aromatic rings. The molecule has 0 saturated carbocycles. The van der Waals surface area contributed by atoms with Crippen molar-refractivity contribution in [3.05, 3.63) is 35.4 Å². The average Bonchev–Trinajstić information content (AvgIpc) is 2.67. The summed E-state index contributed by atoms with van der Waals surface area (Å²) in [5.74, 6) is -0.981. The van der Waals surface area contributed by atoms with E-state index in [9.17, 15) is 9.90 Å². The molecule has 1 aliphatic rings. The van der Waals surface area contributed by atoms with Crippen molar-refractivity contribution in [2.24, 2.45) is 0 Å². The first kappa shape index (κ1) is 11.1. The average molecular weight is 222 g/mol. The number of aryl methyl sites for hydroxylation is 1. The first-order chi connectivity index (χ1) is 7.70. The first-order valence-electron chi connectivity index (χ1n) is 5.27. The molecule has 0 radical (unpaired) electrons. The van der Waals surface area contributed by atoms with E-state index >= 15 is 0 Å². The molecule has 0 bridgehead atoms. The van der Waals surface area contributed by atoms with Crippen LogP contribution in [0.3, 0.4) is 0 Å². The number of carbonyl (C=O) groups is 1. The lowest BCUT2D eigenvalue weighted by Gasteiger charge is -2.25. The molecule has 4 nitrogen and oxygen atoms in total. The number of aliphatic carboxylic acids is 1. The highest BCUT2D eigenvalue weighted by molar-refractivity contribution is 5.81. The minimum absolute atomic E-state index is 0.0423. The van der Waals surface area contributed by atoms with Gasteiger partial charge < -0.3 is 14.9 Å². The molecule has 2 rings (SSSR count). The van der Waals surface area contributed by atoms with E-state index in [4.69, 9.17) is 9.84 Å². The standard InChI is InChI=1S/C12H14O4/c13-7-8-16-12(11(14)15)6-5-9-3-1-2-4-10(9)12/h1-4,13H,5-8H2,(H,14,15). The Labute approximate surface area is 93.5 Å². The fraction of sp³-hybridized carbons (Fsp3) is 0.417. The van der Waals surface area contributed by atoms with E-state index < -0.39 is 11.6 Å². The summed E-state index contributed by atoms with van der Waals surface area (Å²) >= 11 is 0. The summed E-state index contributed by atoms with van der Waals surface area (Å²) in [6.45, 7) is -0.127. The number of hydrogen-bond acceptors (Lipinski definition) is 3. The molecule has 1 atom stereocenters. The zero-order valence-corrected chi connectivity index (χ0v) is 8.85. The Morgan fingerprint density at radius 3 is 2.88 bits per heavy atom. The van der Waals surface area contributed by atoms with E-state index in [-0.39, 0.29) is 13.2 Å². The van der Waals surface area contributed by atoms with Crippen LogP contribution in [0.4, 0.5) is 0 Å². The van der Waals surface area contributed by atoms with Crippen molar-refractivity contribution in [3.8, 4) is 0 Å². The summed E-state index contributed by atoms with van der Waals surface area (Å²) in [5.41, 5.74) is 0.470. The summed E-state index contributed by atoms with van der Waals surface area (Å²) in [6.07, 6.45) is 1.13. The van der Waals surface area contributed by atoms with Crippen LogP contribution in [0.5, 0.6) is 0 Å². The van der Waals surface area contributed by atoms with Crippen LogP contribution in [0, 0.1) is 0 Å². The van der Waals surface area contributed by atoms with E-state index in [0.29, 0.717) is 12.8 Å². The Bertz CT molecular complexity index is 402. The maximum Gasteiger partial charge on any atom is 0.340 e. The summed E-state index contributed by atoms with van der Waals surface area (Å²) in [5, 5.41) is 18.1. The molecule has 1 aliphatic carbocycles. The lowest BCUT2D eigenvalue weighted by Crippen LogP contribution is -2.37. The van der Waals surface area contributed by atoms with Crippen LogP contribution in [-0.4, -0.2) is 29.4 Å². The van der Waals surface area contributed by atoms with E-state index in [0.717, 1.165) is 11.1 Å². The number of aliphatic hydroxyl groups is 1. The number of rotatable bonds is 4. The largest absolute Gasteiger partial charge is 0.479 e. The smallest absolute Gasteiger partial charge is 0.340 e. The molecular weight excluding hydrogens is 208 g/mol. The molecule has 0 fully saturated rings. The number of benzene rings is 1. The second-order valence-corrected chi connectivity index (χ2v) is 3.86. The third-order valence-corrected chi connectivity index (χ3v) is 2.98. The summed E-state index contributed by atoms with van der Waals surface area (Å²) in [6, 6.07) is 7.41. The van der Waals surface area contributed by atoms with E-state index in [1.165, 1.54) is 0 Å². The van der Waals surface area contributed by atoms with Gasteiger partial charge in [-0.25, -0.2) is 4.79 Å². The molecule has 0 saturated heterocycles. The van der Waals surface area contributed by atoms with Crippen molar-refractivity contribution in [2.75, 3.05) is 13.2 Å². The molecular formula is C12H14O4. The van der Waals surface area contributed by atoms with Gasteiger partial charge in [-0.15, -0.1) is 0 Å². The molecule has 0 amide bonds. The lowest BCUT2D eigenvalue weighted by molar-refractivity contribution is -0.169. The first-order valence-corrected chi connectivity index (χ1v) is 5.27. The van der Waals surface area contributed by atoms with E-state index in [1.54, 1.807) is 6.07 Å². The zero-order chi connectivity index (χ0) is 11.6. The number of aliphatic hydroxyl groups excluding tert-OH is 1. The Hall–Kier alpha value is -1.39. The van der Waals surface area contributed by atoms with Gasteiger partial charge in [-0.1, -0.05) is 24.3 Å². The molecule has 1 unspecified atom stereocenters. The monoisotopic (exact) mass is 222 g/mol. The van der Waals surface area contributed by atoms with Gasteiger partial charge in [-0.2, -0.15) is 0 Å². The quantitative estimate of drug-likeness (QED) is 0.795. The number of carboxylic acids is 1. The van der Waals surface area contributed by atoms with Crippen molar-refractivity contribution < 1.29 is 19.7 Å². The summed E-state index contributed by atoms with van der Waals surface area (Å²) in [7, 11) is 0. The second-order valence-electron chi connectivity index (χ2n) is 3.86. The third kappa shape index (κ3) is 1.60. The topological polar surface area (TPSA) is 66.8 Å². The van der Waals surface area contributed by atoms with Crippen LogP contribution in [0.15, 0.2) is 24.3 Å². The SMILES string of the molecule is O=C(O)C1(OCCO)CCc2ccccc21. The van der Waals surface area contributed by atoms with Gasteiger partial charge in [0.15, 0.2) is 5.60 Å². The van der Waals surface area contributed by atoms with Crippen molar-refractivity contribution in [1.82, 2.24) is 0 Å². The predicted octanol–water partition coefficient (Wildman–Crippen LogP) is 0.922. The van der Waals surface area contributed by atoms with Crippen LogP contribution in [0.25, 0.3) is 0 Å². The van der Waals surface area contributed by atoms with Crippen molar-refractivity contribution >= 4 is 5.97 Å². The fourth-order valence-electron chi connectivity index (χ4n) is 2.23. The predicted molar refractivity (Wildman–Crippen MR) is 57.1 cm³/mol. The molecule has 2 N–H and O–H groups in total. The van der Waals surface area contributed by atoms with Crippen molar-refractivity contribution in [2.45, 2.75) is 18.4 Å². The highest BCUT2D eigenvalue weighted by Gasteiger charge is 2.46. The van der Waals surface area contributed by atoms with E-state index in [1.807, 2.05) is 18.2 Å². The Balaban J connectivity index is 2.39. The summed E-state index contributed by atoms with van der Waals surface area (Å²) < 4.78 is 5.38. The van der Waals surface area contributed by atoms with Gasteiger partial charge >= 0.3 is 5.97 Å². The highest BCUT2D eigenvalue weighted by atomic mass is 16.5. The van der Waals surface area contributed by atoms with Crippen LogP contribution in [-0.2, 0) is 21.6 Å². The van der Waals surface area contributed by atoms with Crippen LogP contribution < -0.4 is 0 Å². The van der Waals surface area contributed by atoms with Crippen molar-refractivity contribution in [3.63, 3.8) is 0 Å². The van der Waals surface area contributed by atoms with E-state index in [2.05, 4.69) is 0 Å². The molecule has 0 heterocycles. The van der Waals surface area contributed by atoms with Crippen LogP contribution >= 0.6 is 0 Å². The number of carboxylic acid groups (broad SMARTS) is 1. The van der Waals surface area contributed by atoms with Gasteiger partial charge in [0, 0.05) is 0 Å². The Morgan fingerprint density at radius 1 is 1.44 bits per heavy atom. The van der Waals surface area contributed by atoms with Gasteiger partial charge in [0.05, 0.1) is 13.2 Å². The normalized spacial score (nSPS) is 23.1. The van der Waals surface area contributed by atoms with Gasteiger partial charge in [-0.3, -0.25) is 0 Å². The van der Waals surface area contributed by atoms with Crippen molar-refractivity contribution in [1.29, 1.82) is 0 Å². The molecule has 0 spiro atoms. The molecule has 16 heavy (non-hydrogen) atoms. The van der Waals surface area contributed by atoms with Gasteiger partial charge in [-0.05, 0) is 24.0 Å². The van der Waals surface area contributed by atoms with Gasteiger partial charge in [0.1, 0.15) is 0 Å². The maximum atomic E-state index is 11.4. The maximum absolute atomic E-state index is 11.4.